The number of hydrogen-bond donors (Lipinski definition) is 2. The minimum atomic E-state index is -0.0792. The van der Waals surface area contributed by atoms with Gasteiger partial charge in [-0.25, -0.2) is 0 Å². The van der Waals surface area contributed by atoms with Crippen molar-refractivity contribution >= 4 is 0 Å². The summed E-state index contributed by atoms with van der Waals surface area (Å²) in [4.78, 5) is 0. The van der Waals surface area contributed by atoms with Gasteiger partial charge in [-0.15, -0.1) is 0 Å². The molecule has 2 rings (SSSR count). The number of aliphatic hydroxyl groups is 1. The molecule has 1 aromatic rings. The molecule has 0 bridgehead atoms. The lowest BCUT2D eigenvalue weighted by atomic mass is 9.99. The summed E-state index contributed by atoms with van der Waals surface area (Å²) in [7, 11) is 1.64. The van der Waals surface area contributed by atoms with Gasteiger partial charge in [0.2, 0.25) is 0 Å². The zero-order chi connectivity index (χ0) is 13.6. The van der Waals surface area contributed by atoms with Gasteiger partial charge >= 0.3 is 0 Å². The molecule has 1 aliphatic carbocycles. The van der Waals surface area contributed by atoms with Crippen LogP contribution < -0.4 is 14.8 Å². The Morgan fingerprint density at radius 1 is 1.21 bits per heavy atom. The molecule has 1 aliphatic rings. The number of ether oxygens (including phenoxy) is 2. The van der Waals surface area contributed by atoms with E-state index < -0.39 is 0 Å². The Morgan fingerprint density at radius 2 is 1.89 bits per heavy atom. The smallest absolute Gasteiger partial charge is 0.161 e. The fraction of sp³-hybridized carbons (Fsp3) is 0.600. The Morgan fingerprint density at radius 3 is 2.53 bits per heavy atom. The fourth-order valence-corrected chi connectivity index (χ4v) is 2.66. The number of aliphatic hydroxyl groups excluding tert-OH is 1. The normalized spacial score (nSPS) is 17.4. The zero-order valence-electron chi connectivity index (χ0n) is 11.5. The molecule has 4 nitrogen and oxygen atoms in total. The minimum absolute atomic E-state index is 0.0792. The third-order valence-corrected chi connectivity index (χ3v) is 3.79. The molecule has 0 aliphatic heterocycles. The Kier molecular flexibility index (Phi) is 5.05. The van der Waals surface area contributed by atoms with Crippen LogP contribution in [0.15, 0.2) is 24.3 Å². The second-order valence-corrected chi connectivity index (χ2v) is 5.07. The lowest BCUT2D eigenvalue weighted by Crippen LogP contribution is -2.47. The molecule has 0 atom stereocenters. The van der Waals surface area contributed by atoms with Crippen molar-refractivity contribution in [3.8, 4) is 11.5 Å². The first-order chi connectivity index (χ1) is 9.29. The van der Waals surface area contributed by atoms with E-state index in [0.29, 0.717) is 6.61 Å². The van der Waals surface area contributed by atoms with Crippen LogP contribution >= 0.6 is 0 Å². The molecule has 0 radical (unpaired) electrons. The van der Waals surface area contributed by atoms with Gasteiger partial charge in [-0.1, -0.05) is 25.0 Å². The van der Waals surface area contributed by atoms with Crippen molar-refractivity contribution in [3.63, 3.8) is 0 Å². The van der Waals surface area contributed by atoms with Gasteiger partial charge in [0.05, 0.1) is 13.7 Å². The van der Waals surface area contributed by atoms with Gasteiger partial charge in [-0.3, -0.25) is 0 Å². The molecule has 19 heavy (non-hydrogen) atoms. The van der Waals surface area contributed by atoms with E-state index in [9.17, 15) is 5.11 Å². The predicted molar refractivity (Wildman–Crippen MR) is 74.8 cm³/mol. The molecular formula is C15H23NO3. The molecule has 0 amide bonds. The zero-order valence-corrected chi connectivity index (χ0v) is 11.5. The first-order valence-corrected chi connectivity index (χ1v) is 6.91. The van der Waals surface area contributed by atoms with Crippen LogP contribution in [0.25, 0.3) is 0 Å². The van der Waals surface area contributed by atoms with Crippen LogP contribution in [0.3, 0.4) is 0 Å². The summed E-state index contributed by atoms with van der Waals surface area (Å²) < 4.78 is 10.9. The average molecular weight is 265 g/mol. The highest BCUT2D eigenvalue weighted by Gasteiger charge is 2.32. The van der Waals surface area contributed by atoms with Crippen LogP contribution in [0.5, 0.6) is 11.5 Å². The summed E-state index contributed by atoms with van der Waals surface area (Å²) in [6, 6.07) is 7.63. The van der Waals surface area contributed by atoms with E-state index in [2.05, 4.69) is 5.32 Å². The van der Waals surface area contributed by atoms with Gasteiger partial charge in [0.25, 0.3) is 0 Å². The molecule has 4 heteroatoms. The summed E-state index contributed by atoms with van der Waals surface area (Å²) in [6.07, 6.45) is 4.50. The first-order valence-electron chi connectivity index (χ1n) is 6.91. The molecule has 0 spiro atoms. The summed E-state index contributed by atoms with van der Waals surface area (Å²) in [5, 5.41) is 12.9. The highest BCUT2D eigenvalue weighted by Crippen LogP contribution is 2.29. The van der Waals surface area contributed by atoms with Crippen LogP contribution in [0.4, 0.5) is 0 Å². The Balaban J connectivity index is 1.77. The van der Waals surface area contributed by atoms with Gasteiger partial charge in [0.1, 0.15) is 6.61 Å². The van der Waals surface area contributed by atoms with E-state index in [1.54, 1.807) is 7.11 Å². The van der Waals surface area contributed by atoms with Gasteiger partial charge in [0.15, 0.2) is 11.5 Å². The monoisotopic (exact) mass is 265 g/mol. The van der Waals surface area contributed by atoms with Crippen molar-refractivity contribution < 1.29 is 14.6 Å². The fourth-order valence-electron chi connectivity index (χ4n) is 2.66. The second kappa shape index (κ2) is 6.78. The van der Waals surface area contributed by atoms with Gasteiger partial charge in [-0.2, -0.15) is 0 Å². The number of hydrogen-bond acceptors (Lipinski definition) is 4. The van der Waals surface area contributed by atoms with Crippen LogP contribution in [-0.4, -0.2) is 37.5 Å². The van der Waals surface area contributed by atoms with E-state index in [1.807, 2.05) is 24.3 Å². The lowest BCUT2D eigenvalue weighted by Gasteiger charge is -2.28. The Hall–Kier alpha value is -1.26. The molecule has 1 fully saturated rings. The Bertz CT molecular complexity index is 389. The third-order valence-electron chi connectivity index (χ3n) is 3.79. The number of methoxy groups -OCH3 is 1. The largest absolute Gasteiger partial charge is 0.493 e. The third kappa shape index (κ3) is 3.61. The molecule has 106 valence electrons. The van der Waals surface area contributed by atoms with Gasteiger partial charge in [0, 0.05) is 12.1 Å². The van der Waals surface area contributed by atoms with Crippen LogP contribution in [0.1, 0.15) is 25.7 Å². The SMILES string of the molecule is COc1ccccc1OCCNC1(CO)CCCC1. The van der Waals surface area contributed by atoms with Crippen molar-refractivity contribution in [2.45, 2.75) is 31.2 Å². The van der Waals surface area contributed by atoms with E-state index in [1.165, 1.54) is 12.8 Å². The van der Waals surface area contributed by atoms with Crippen molar-refractivity contribution in [1.82, 2.24) is 5.32 Å². The maximum Gasteiger partial charge on any atom is 0.161 e. The van der Waals surface area contributed by atoms with Crippen molar-refractivity contribution in [3.05, 3.63) is 24.3 Å². The summed E-state index contributed by atoms with van der Waals surface area (Å²) in [5.41, 5.74) is -0.0792. The maximum atomic E-state index is 9.49. The number of nitrogens with one attached hydrogen (secondary N) is 1. The minimum Gasteiger partial charge on any atom is -0.493 e. The van der Waals surface area contributed by atoms with Crippen molar-refractivity contribution in [2.75, 3.05) is 26.9 Å². The molecular weight excluding hydrogens is 242 g/mol. The number of rotatable bonds is 7. The average Bonchev–Trinajstić information content (AvgIpc) is 2.93. The number of para-hydroxylation sites is 2. The summed E-state index contributed by atoms with van der Waals surface area (Å²) in [6.45, 7) is 1.52. The standard InChI is InChI=1S/C15H23NO3/c1-18-13-6-2-3-7-14(13)19-11-10-16-15(12-17)8-4-5-9-15/h2-3,6-7,16-17H,4-5,8-12H2,1H3. The summed E-state index contributed by atoms with van der Waals surface area (Å²) >= 11 is 0. The highest BCUT2D eigenvalue weighted by atomic mass is 16.5. The molecule has 1 aromatic carbocycles. The number of benzene rings is 1. The quantitative estimate of drug-likeness (QED) is 0.740. The molecule has 2 N–H and O–H groups in total. The second-order valence-electron chi connectivity index (χ2n) is 5.07. The highest BCUT2D eigenvalue weighted by molar-refractivity contribution is 5.39. The molecule has 0 heterocycles. The topological polar surface area (TPSA) is 50.7 Å². The van der Waals surface area contributed by atoms with Gasteiger partial charge in [-0.05, 0) is 25.0 Å². The van der Waals surface area contributed by atoms with E-state index in [4.69, 9.17) is 9.47 Å². The summed E-state index contributed by atoms with van der Waals surface area (Å²) in [5.74, 6) is 1.51. The van der Waals surface area contributed by atoms with Crippen LogP contribution in [-0.2, 0) is 0 Å². The molecule has 0 aromatic heterocycles. The molecule has 0 saturated heterocycles. The predicted octanol–water partition coefficient (Wildman–Crippen LogP) is 1.97. The van der Waals surface area contributed by atoms with E-state index in [-0.39, 0.29) is 12.1 Å². The van der Waals surface area contributed by atoms with Crippen molar-refractivity contribution in [2.24, 2.45) is 0 Å². The van der Waals surface area contributed by atoms with Crippen LogP contribution in [0, 0.1) is 0 Å². The van der Waals surface area contributed by atoms with E-state index >= 15 is 0 Å². The molecule has 1 saturated carbocycles. The lowest BCUT2D eigenvalue weighted by molar-refractivity contribution is 0.156. The Labute approximate surface area is 114 Å². The van der Waals surface area contributed by atoms with E-state index in [0.717, 1.165) is 30.9 Å². The van der Waals surface area contributed by atoms with Crippen molar-refractivity contribution in [1.29, 1.82) is 0 Å². The first kappa shape index (κ1) is 14.2. The van der Waals surface area contributed by atoms with Gasteiger partial charge < -0.3 is 19.9 Å². The maximum absolute atomic E-state index is 9.49. The molecule has 0 unspecified atom stereocenters. The van der Waals surface area contributed by atoms with Crippen LogP contribution in [0.2, 0.25) is 0 Å².